The second-order valence-electron chi connectivity index (χ2n) is 5.23. The fraction of sp³-hybridized carbons (Fsp3) is 0.200. The minimum Gasteiger partial charge on any atom is -0.335 e. The molecule has 2 heterocycles. The van der Waals surface area contributed by atoms with Gasteiger partial charge in [0.05, 0.1) is 22.6 Å². The Morgan fingerprint density at radius 1 is 1.23 bits per heavy atom. The Morgan fingerprint density at radius 3 is 2.50 bits per heavy atom. The molecule has 0 fully saturated rings. The van der Waals surface area contributed by atoms with Gasteiger partial charge < -0.3 is 5.84 Å². The zero-order valence-electron chi connectivity index (χ0n) is 13.4. The molecular formula is C15H12F3N7S. The van der Waals surface area contributed by atoms with Crippen LogP contribution >= 0.6 is 11.8 Å². The summed E-state index contributed by atoms with van der Waals surface area (Å²) in [5.74, 6) is 4.30. The highest BCUT2D eigenvalue weighted by molar-refractivity contribution is 7.98. The summed E-state index contributed by atoms with van der Waals surface area (Å²) in [6.45, 7) is 1.69. The van der Waals surface area contributed by atoms with Gasteiger partial charge in [-0.1, -0.05) is 30.0 Å². The van der Waals surface area contributed by atoms with Crippen LogP contribution in [0.3, 0.4) is 0 Å². The summed E-state index contributed by atoms with van der Waals surface area (Å²) in [7, 11) is 0. The first-order valence-electron chi connectivity index (χ1n) is 7.27. The summed E-state index contributed by atoms with van der Waals surface area (Å²) in [5.41, 5.74) is 2.16. The number of alkyl halides is 3. The van der Waals surface area contributed by atoms with Gasteiger partial charge in [-0.2, -0.15) is 23.5 Å². The third kappa shape index (κ3) is 3.23. The van der Waals surface area contributed by atoms with Crippen molar-refractivity contribution < 1.29 is 13.2 Å². The smallest absolute Gasteiger partial charge is 0.335 e. The molecule has 26 heavy (non-hydrogen) atoms. The first kappa shape index (κ1) is 17.8. The van der Waals surface area contributed by atoms with Crippen molar-refractivity contribution in [3.63, 3.8) is 0 Å². The van der Waals surface area contributed by atoms with Crippen molar-refractivity contribution in [1.82, 2.24) is 24.7 Å². The van der Waals surface area contributed by atoms with E-state index in [1.165, 1.54) is 0 Å². The van der Waals surface area contributed by atoms with Crippen LogP contribution in [0.2, 0.25) is 0 Å². The van der Waals surface area contributed by atoms with Gasteiger partial charge in [0, 0.05) is 5.75 Å². The van der Waals surface area contributed by atoms with Gasteiger partial charge in [-0.3, -0.25) is 0 Å². The molecule has 2 aromatic heterocycles. The van der Waals surface area contributed by atoms with Crippen LogP contribution in [-0.4, -0.2) is 24.7 Å². The number of para-hydroxylation sites is 1. The summed E-state index contributed by atoms with van der Waals surface area (Å²) in [6, 6.07) is 11.2. The van der Waals surface area contributed by atoms with Crippen LogP contribution < -0.4 is 5.84 Å². The number of nitrogen functional groups attached to an aromatic ring is 1. The molecule has 134 valence electrons. The average molecular weight is 379 g/mol. The molecule has 7 nitrogen and oxygen atoms in total. The second kappa shape index (κ2) is 6.72. The van der Waals surface area contributed by atoms with Crippen LogP contribution in [0.4, 0.5) is 13.2 Å². The second-order valence-corrected chi connectivity index (χ2v) is 6.17. The van der Waals surface area contributed by atoms with E-state index in [1.54, 1.807) is 11.6 Å². The van der Waals surface area contributed by atoms with Gasteiger partial charge >= 0.3 is 6.18 Å². The van der Waals surface area contributed by atoms with Gasteiger partial charge in [0.2, 0.25) is 5.16 Å². The van der Waals surface area contributed by atoms with E-state index in [2.05, 4.69) is 21.4 Å². The number of benzene rings is 1. The third-order valence-corrected chi connectivity index (χ3v) is 4.48. The average Bonchev–Trinajstić information content (AvgIpc) is 3.13. The van der Waals surface area contributed by atoms with Gasteiger partial charge in [-0.25, -0.2) is 9.36 Å². The van der Waals surface area contributed by atoms with Crippen LogP contribution in [0, 0.1) is 18.3 Å². The van der Waals surface area contributed by atoms with Gasteiger partial charge in [-0.05, 0) is 19.1 Å². The van der Waals surface area contributed by atoms with Crippen molar-refractivity contribution >= 4 is 11.8 Å². The molecule has 0 saturated heterocycles. The van der Waals surface area contributed by atoms with E-state index in [4.69, 9.17) is 5.84 Å². The highest BCUT2D eigenvalue weighted by atomic mass is 32.2. The lowest BCUT2D eigenvalue weighted by molar-refractivity contribution is -0.146. The lowest BCUT2D eigenvalue weighted by atomic mass is 10.2. The number of halogens is 3. The number of nitriles is 1. The topological polar surface area (TPSA) is 98.3 Å². The van der Waals surface area contributed by atoms with E-state index >= 15 is 0 Å². The summed E-state index contributed by atoms with van der Waals surface area (Å²) < 4.78 is 40.3. The van der Waals surface area contributed by atoms with Crippen molar-refractivity contribution in [2.45, 2.75) is 24.0 Å². The van der Waals surface area contributed by atoms with Crippen molar-refractivity contribution in [3.8, 4) is 11.8 Å². The molecule has 0 amide bonds. The van der Waals surface area contributed by atoms with Crippen LogP contribution in [0.15, 0.2) is 35.5 Å². The van der Waals surface area contributed by atoms with E-state index in [0.717, 1.165) is 17.4 Å². The van der Waals surface area contributed by atoms with Gasteiger partial charge in [-0.15, -0.1) is 10.2 Å². The van der Waals surface area contributed by atoms with Crippen LogP contribution in [0.25, 0.3) is 5.69 Å². The summed E-state index contributed by atoms with van der Waals surface area (Å²) in [5, 5.41) is 20.2. The molecule has 3 aromatic rings. The largest absolute Gasteiger partial charge is 0.453 e. The lowest BCUT2D eigenvalue weighted by Gasteiger charge is -2.08. The maximum atomic E-state index is 12.8. The Balaban J connectivity index is 1.94. The van der Waals surface area contributed by atoms with Crippen molar-refractivity contribution in [1.29, 1.82) is 5.26 Å². The van der Waals surface area contributed by atoms with Gasteiger partial charge in [0.25, 0.3) is 5.82 Å². The Labute approximate surface area is 150 Å². The van der Waals surface area contributed by atoms with Crippen molar-refractivity contribution in [2.24, 2.45) is 0 Å². The molecule has 1 aromatic carbocycles. The zero-order chi connectivity index (χ0) is 18.9. The summed E-state index contributed by atoms with van der Waals surface area (Å²) >= 11 is 0.941. The monoisotopic (exact) mass is 379 g/mol. The Bertz CT molecular complexity index is 970. The first-order chi connectivity index (χ1) is 12.3. The van der Waals surface area contributed by atoms with E-state index in [9.17, 15) is 18.4 Å². The summed E-state index contributed by atoms with van der Waals surface area (Å²) in [6.07, 6.45) is -4.69. The molecule has 0 spiro atoms. The number of aromatic nitrogens is 5. The molecule has 0 aliphatic rings. The van der Waals surface area contributed by atoms with Crippen LogP contribution in [0.5, 0.6) is 0 Å². The van der Waals surface area contributed by atoms with Crippen LogP contribution in [0.1, 0.15) is 22.8 Å². The third-order valence-electron chi connectivity index (χ3n) is 3.52. The normalized spacial score (nSPS) is 11.5. The zero-order valence-corrected chi connectivity index (χ0v) is 14.2. The maximum Gasteiger partial charge on any atom is 0.453 e. The van der Waals surface area contributed by atoms with Crippen LogP contribution in [-0.2, 0) is 11.9 Å². The van der Waals surface area contributed by atoms with E-state index in [0.29, 0.717) is 21.6 Å². The van der Waals surface area contributed by atoms with E-state index in [1.807, 2.05) is 30.3 Å². The molecule has 0 atom stereocenters. The Hall–Kier alpha value is -3.00. The van der Waals surface area contributed by atoms with Gasteiger partial charge in [0.1, 0.15) is 6.07 Å². The standard InChI is InChI=1S/C15H12F3N7S/c1-9-11(7-19)12(25(23-9)10-5-3-2-4-6-10)8-26-14-22-21-13(24(14)20)15(16,17)18/h2-6H,8,20H2,1H3. The molecule has 11 heteroatoms. The quantitative estimate of drug-likeness (QED) is 0.553. The fourth-order valence-corrected chi connectivity index (χ4v) is 3.19. The SMILES string of the molecule is Cc1nn(-c2ccccc2)c(CSc2nnc(C(F)(F)F)n2N)c1C#N. The highest BCUT2D eigenvalue weighted by Crippen LogP contribution is 2.31. The lowest BCUT2D eigenvalue weighted by Crippen LogP contribution is -2.21. The number of rotatable bonds is 4. The predicted molar refractivity (Wildman–Crippen MR) is 87.8 cm³/mol. The molecule has 0 radical (unpaired) electrons. The molecule has 0 aliphatic carbocycles. The molecule has 2 N–H and O–H groups in total. The van der Waals surface area contributed by atoms with Crippen molar-refractivity contribution in [2.75, 3.05) is 5.84 Å². The number of hydrogen-bond donors (Lipinski definition) is 1. The molecule has 0 bridgehead atoms. The number of nitrogens with two attached hydrogens (primary N) is 1. The maximum absolute atomic E-state index is 12.8. The molecule has 0 unspecified atom stereocenters. The molecular weight excluding hydrogens is 367 g/mol. The molecule has 3 rings (SSSR count). The van der Waals surface area contributed by atoms with Gasteiger partial charge in [0.15, 0.2) is 0 Å². The number of aryl methyl sites for hydroxylation is 1. The minimum atomic E-state index is -4.69. The fourth-order valence-electron chi connectivity index (χ4n) is 2.34. The molecule has 0 aliphatic heterocycles. The van der Waals surface area contributed by atoms with Crippen molar-refractivity contribution in [3.05, 3.63) is 53.1 Å². The highest BCUT2D eigenvalue weighted by Gasteiger charge is 2.38. The van der Waals surface area contributed by atoms with E-state index in [-0.39, 0.29) is 10.9 Å². The Kier molecular flexibility index (Phi) is 4.60. The van der Waals surface area contributed by atoms with E-state index < -0.39 is 12.0 Å². The Morgan fingerprint density at radius 2 is 1.92 bits per heavy atom. The summed E-state index contributed by atoms with van der Waals surface area (Å²) in [4.78, 5) is 0. The minimum absolute atomic E-state index is 0.111. The first-order valence-corrected chi connectivity index (χ1v) is 8.26. The molecule has 0 saturated carbocycles. The predicted octanol–water partition coefficient (Wildman–Crippen LogP) is 2.67. The number of hydrogen-bond acceptors (Lipinski definition) is 6. The number of thioether (sulfide) groups is 1. The number of nitrogens with zero attached hydrogens (tertiary/aromatic N) is 6.